The van der Waals surface area contributed by atoms with Crippen molar-refractivity contribution < 1.29 is 59.7 Å². The second-order valence-corrected chi connectivity index (χ2v) is 10.3. The quantitative estimate of drug-likeness (QED) is 0.118. The van der Waals surface area contributed by atoms with Crippen molar-refractivity contribution in [1.29, 1.82) is 0 Å². The van der Waals surface area contributed by atoms with Crippen LogP contribution in [0.25, 0.3) is 50.3 Å². The zero-order valence-corrected chi connectivity index (χ0v) is 28.7. The Morgan fingerprint density at radius 3 is 1.45 bits per heavy atom. The van der Waals surface area contributed by atoms with E-state index < -0.39 is 0 Å². The fourth-order valence-electron chi connectivity index (χ4n) is 5.21. The van der Waals surface area contributed by atoms with Crippen molar-refractivity contribution in [2.24, 2.45) is 0 Å². The Kier molecular flexibility index (Phi) is 10.0. The van der Waals surface area contributed by atoms with Gasteiger partial charge < -0.3 is 24.0 Å². The zero-order valence-electron chi connectivity index (χ0n) is 24.9. The molecule has 0 radical (unpaired) electrons. The summed E-state index contributed by atoms with van der Waals surface area (Å²) in [4.78, 5) is 17.5. The molecule has 0 N–H and O–H groups in total. The molecule has 8 rings (SSSR count). The van der Waals surface area contributed by atoms with Gasteiger partial charge in [-0.1, -0.05) is 23.2 Å². The molecule has 0 unspecified atom stereocenters. The number of hydrogen-bond acceptors (Lipinski definition) is 6. The summed E-state index contributed by atoms with van der Waals surface area (Å²) in [6.45, 7) is 0. The van der Waals surface area contributed by atoms with Crippen LogP contribution in [0.1, 0.15) is 0 Å². The molecule has 242 valence electrons. The van der Waals surface area contributed by atoms with Crippen LogP contribution in [0.15, 0.2) is 116 Å². The molecule has 4 aromatic carbocycles. The summed E-state index contributed by atoms with van der Waals surface area (Å²) in [7, 11) is 0. The van der Waals surface area contributed by atoms with E-state index in [9.17, 15) is 8.78 Å². The topological polar surface area (TPSA) is 75.0 Å². The third kappa shape index (κ3) is 7.04. The van der Waals surface area contributed by atoms with Gasteiger partial charge in [-0.05, 0) is 41.7 Å². The van der Waals surface area contributed by atoms with E-state index in [0.717, 1.165) is 10.8 Å². The van der Waals surface area contributed by atoms with Crippen LogP contribution in [-0.2, 0) is 41.5 Å². The maximum atomic E-state index is 13.8. The van der Waals surface area contributed by atoms with Crippen molar-refractivity contribution in [3.8, 4) is 51.5 Å². The van der Waals surface area contributed by atoms with E-state index in [0.29, 0.717) is 62.5 Å². The van der Waals surface area contributed by atoms with Gasteiger partial charge in [0.1, 0.15) is 11.6 Å². The first-order valence-electron chi connectivity index (χ1n) is 14.4. The Bertz CT molecular complexity index is 2280. The van der Waals surface area contributed by atoms with Gasteiger partial charge in [-0.15, -0.1) is 71.8 Å². The monoisotopic (exact) mass is 916 g/mol. The summed E-state index contributed by atoms with van der Waals surface area (Å²) < 4.78 is 41.8. The number of nitrogens with zero attached hydrogens (tertiary/aromatic N) is 5. The van der Waals surface area contributed by atoms with E-state index in [4.69, 9.17) is 9.47 Å². The number of rotatable bonds is 7. The number of ether oxygens (including phenoxy) is 2. The van der Waals surface area contributed by atoms with Crippen LogP contribution in [-0.4, -0.2) is 24.5 Å². The molecule has 0 bridgehead atoms. The standard InChI is InChI=1S/C38H19F2N5O2.Pd.Pt/c39-26-12-16-41-34(20-26)24-4-1-6-28(18-24)46-30-8-10-32-33-11-9-31(23-37(33)45(36(32)22-30)38-43-14-3-15-44-38)47-29-7-2-5-25(19-29)35-21-27(40)13-17-42-35;;/h1-17,20-21H;;/q-4;2*+2. The van der Waals surface area contributed by atoms with Crippen LogP contribution >= 0.6 is 0 Å². The van der Waals surface area contributed by atoms with Gasteiger partial charge in [-0.25, -0.2) is 18.7 Å². The van der Waals surface area contributed by atoms with Gasteiger partial charge >= 0.3 is 41.5 Å². The number of aromatic nitrogens is 5. The summed E-state index contributed by atoms with van der Waals surface area (Å²) >= 11 is 0. The largest absolute Gasteiger partial charge is 2.00 e. The smallest absolute Gasteiger partial charge is 0.503 e. The van der Waals surface area contributed by atoms with Crippen LogP contribution in [0.4, 0.5) is 8.78 Å². The maximum absolute atomic E-state index is 13.8. The molecule has 0 aliphatic heterocycles. The molecule has 0 saturated heterocycles. The van der Waals surface area contributed by atoms with Crippen molar-refractivity contribution in [3.63, 3.8) is 0 Å². The normalized spacial score (nSPS) is 10.7. The van der Waals surface area contributed by atoms with Crippen LogP contribution < -0.4 is 9.47 Å². The summed E-state index contributed by atoms with van der Waals surface area (Å²) in [6.07, 6.45) is 6.13. The van der Waals surface area contributed by atoms with Crippen molar-refractivity contribution in [1.82, 2.24) is 24.5 Å². The fourth-order valence-corrected chi connectivity index (χ4v) is 5.21. The first-order chi connectivity index (χ1) is 23.1. The molecule has 7 nitrogen and oxygen atoms in total. The van der Waals surface area contributed by atoms with Gasteiger partial charge in [0.15, 0.2) is 0 Å². The van der Waals surface area contributed by atoms with E-state index in [-0.39, 0.29) is 53.1 Å². The minimum absolute atomic E-state index is 0. The predicted octanol–water partition coefficient (Wildman–Crippen LogP) is 8.76. The van der Waals surface area contributed by atoms with Gasteiger partial charge in [0, 0.05) is 47.8 Å². The Hall–Kier alpha value is -5.13. The molecule has 49 heavy (non-hydrogen) atoms. The molecule has 4 aromatic heterocycles. The molecule has 0 aliphatic carbocycles. The number of fused-ring (bicyclic) bond motifs is 3. The van der Waals surface area contributed by atoms with Crippen LogP contribution in [0.3, 0.4) is 0 Å². The molecule has 0 aliphatic rings. The fraction of sp³-hybridized carbons (Fsp3) is 0. The molecule has 0 spiro atoms. The van der Waals surface area contributed by atoms with E-state index in [2.05, 4.69) is 44.2 Å². The van der Waals surface area contributed by atoms with Crippen molar-refractivity contribution in [3.05, 3.63) is 152 Å². The molecule has 0 atom stereocenters. The third-order valence-electron chi connectivity index (χ3n) is 7.26. The average molecular weight is 917 g/mol. The third-order valence-corrected chi connectivity index (χ3v) is 7.26. The Balaban J connectivity index is 0.00000208. The summed E-state index contributed by atoms with van der Waals surface area (Å²) in [5.74, 6) is 1.31. The van der Waals surface area contributed by atoms with Crippen LogP contribution in [0, 0.1) is 35.9 Å². The maximum Gasteiger partial charge on any atom is 2.00 e. The average Bonchev–Trinajstić information content (AvgIpc) is 3.41. The van der Waals surface area contributed by atoms with Gasteiger partial charge in [-0.3, -0.25) is 0 Å². The minimum atomic E-state index is -0.386. The van der Waals surface area contributed by atoms with Gasteiger partial charge in [0.05, 0.1) is 0 Å². The van der Waals surface area contributed by atoms with Crippen LogP contribution in [0.5, 0.6) is 23.0 Å². The van der Waals surface area contributed by atoms with Gasteiger partial charge in [0.2, 0.25) is 5.95 Å². The first kappa shape index (κ1) is 33.8. The van der Waals surface area contributed by atoms with E-state index in [1.54, 1.807) is 54.9 Å². The van der Waals surface area contributed by atoms with Crippen molar-refractivity contribution in [2.75, 3.05) is 0 Å². The second kappa shape index (κ2) is 14.6. The molecule has 0 fully saturated rings. The van der Waals surface area contributed by atoms with E-state index >= 15 is 0 Å². The minimum Gasteiger partial charge on any atom is -0.503 e. The molecule has 0 saturated carbocycles. The Morgan fingerprint density at radius 1 is 0.510 bits per heavy atom. The second-order valence-electron chi connectivity index (χ2n) is 10.3. The molecular formula is C38H19F2N5O2PdPt. The molecule has 4 heterocycles. The van der Waals surface area contributed by atoms with Gasteiger partial charge in [0.25, 0.3) is 0 Å². The summed E-state index contributed by atoms with van der Waals surface area (Å²) in [5, 5.41) is 1.74. The Morgan fingerprint density at radius 2 is 0.980 bits per heavy atom. The number of benzene rings is 4. The van der Waals surface area contributed by atoms with Gasteiger partial charge in [-0.2, -0.15) is 22.9 Å². The Labute approximate surface area is 307 Å². The van der Waals surface area contributed by atoms with Crippen molar-refractivity contribution in [2.45, 2.75) is 0 Å². The zero-order chi connectivity index (χ0) is 31.7. The number of hydrogen-bond donors (Lipinski definition) is 0. The van der Waals surface area contributed by atoms with E-state index in [1.165, 1.54) is 36.7 Å². The summed E-state index contributed by atoms with van der Waals surface area (Å²) in [6, 6.07) is 38.2. The summed E-state index contributed by atoms with van der Waals surface area (Å²) in [5.41, 5.74) is 3.38. The number of halogens is 2. The van der Waals surface area contributed by atoms with E-state index in [1.807, 2.05) is 28.8 Å². The molecular weight excluding hydrogens is 898 g/mol. The molecule has 8 aromatic rings. The predicted molar refractivity (Wildman–Crippen MR) is 171 cm³/mol. The SMILES string of the molecule is Fc1ccnc(-c2[c-]c(Oc3[c-]c4c(cc3)c3ccc(Oc5[c-]c(-c6cc(F)ccn6)ccc5)[c-]c3n4-c3ncccn3)ccc2)c1.[Pd+2].[Pt+2]. The van der Waals surface area contributed by atoms with Crippen LogP contribution in [0.2, 0.25) is 0 Å². The molecule has 11 heteroatoms. The van der Waals surface area contributed by atoms with Crippen molar-refractivity contribution >= 4 is 21.8 Å². The first-order valence-corrected chi connectivity index (χ1v) is 14.4. The molecule has 0 amide bonds. The number of pyridine rings is 2.